The summed E-state index contributed by atoms with van der Waals surface area (Å²) < 4.78 is 7.70. The van der Waals surface area contributed by atoms with E-state index < -0.39 is 0 Å². The zero-order chi connectivity index (χ0) is 11.0. The van der Waals surface area contributed by atoms with Gasteiger partial charge in [-0.2, -0.15) is 0 Å². The van der Waals surface area contributed by atoms with Gasteiger partial charge in [-0.3, -0.25) is 0 Å². The Morgan fingerprint density at radius 2 is 2.19 bits per heavy atom. The van der Waals surface area contributed by atoms with Crippen LogP contribution in [0.2, 0.25) is 0 Å². The first kappa shape index (κ1) is 9.63. The summed E-state index contributed by atoms with van der Waals surface area (Å²) >= 11 is 0. The Morgan fingerprint density at radius 3 is 3.00 bits per heavy atom. The Kier molecular flexibility index (Phi) is 2.27. The fraction of sp³-hybridized carbons (Fsp3) is 0.500. The quantitative estimate of drug-likeness (QED) is 0.737. The number of aromatic nitrogens is 3. The molecule has 3 heterocycles. The average Bonchev–Trinajstić information content (AvgIpc) is 2.78. The standard InChI is InChI=1S/C12H15N3O/c1-9-6-8-16-11(9)12-14-13-10-5-3-2-4-7-15(10)12/h6,8H,2-5,7H2,1H3. The first-order valence-electron chi connectivity index (χ1n) is 5.83. The monoisotopic (exact) mass is 217 g/mol. The van der Waals surface area contributed by atoms with Crippen molar-refractivity contribution in [2.45, 2.75) is 39.2 Å². The van der Waals surface area contributed by atoms with Crippen molar-refractivity contribution in [2.24, 2.45) is 0 Å². The van der Waals surface area contributed by atoms with Gasteiger partial charge >= 0.3 is 0 Å². The number of hydrogen-bond donors (Lipinski definition) is 0. The van der Waals surface area contributed by atoms with E-state index in [0.29, 0.717) is 0 Å². The molecule has 2 aromatic heterocycles. The minimum atomic E-state index is 0.862. The molecule has 0 spiro atoms. The highest BCUT2D eigenvalue weighted by Gasteiger charge is 2.18. The predicted molar refractivity (Wildman–Crippen MR) is 60.0 cm³/mol. The fourth-order valence-corrected chi connectivity index (χ4v) is 2.25. The molecule has 4 heteroatoms. The van der Waals surface area contributed by atoms with Crippen LogP contribution in [0.3, 0.4) is 0 Å². The van der Waals surface area contributed by atoms with E-state index >= 15 is 0 Å². The third-order valence-electron chi connectivity index (χ3n) is 3.17. The SMILES string of the molecule is Cc1ccoc1-c1nnc2n1CCCCC2. The molecule has 1 aliphatic rings. The van der Waals surface area contributed by atoms with Crippen LogP contribution in [0.25, 0.3) is 11.6 Å². The lowest BCUT2D eigenvalue weighted by Gasteiger charge is -2.05. The van der Waals surface area contributed by atoms with Crippen molar-refractivity contribution in [3.05, 3.63) is 23.7 Å². The maximum absolute atomic E-state index is 5.49. The molecule has 1 aliphatic heterocycles. The van der Waals surface area contributed by atoms with Crippen molar-refractivity contribution in [2.75, 3.05) is 0 Å². The second kappa shape index (κ2) is 3.77. The van der Waals surface area contributed by atoms with Crippen LogP contribution in [0.4, 0.5) is 0 Å². The van der Waals surface area contributed by atoms with Crippen molar-refractivity contribution in [3.8, 4) is 11.6 Å². The van der Waals surface area contributed by atoms with E-state index in [-0.39, 0.29) is 0 Å². The summed E-state index contributed by atoms with van der Waals surface area (Å²) in [4.78, 5) is 0. The molecule has 16 heavy (non-hydrogen) atoms. The second-order valence-electron chi connectivity index (χ2n) is 4.33. The molecule has 0 amide bonds. The van der Waals surface area contributed by atoms with Crippen molar-refractivity contribution in [1.82, 2.24) is 14.8 Å². The second-order valence-corrected chi connectivity index (χ2v) is 4.33. The highest BCUT2D eigenvalue weighted by Crippen LogP contribution is 2.25. The van der Waals surface area contributed by atoms with Crippen molar-refractivity contribution >= 4 is 0 Å². The van der Waals surface area contributed by atoms with Crippen LogP contribution >= 0.6 is 0 Å². The van der Waals surface area contributed by atoms with Crippen LogP contribution in [-0.4, -0.2) is 14.8 Å². The first-order valence-corrected chi connectivity index (χ1v) is 5.83. The van der Waals surface area contributed by atoms with E-state index in [9.17, 15) is 0 Å². The zero-order valence-electron chi connectivity index (χ0n) is 9.44. The van der Waals surface area contributed by atoms with Crippen molar-refractivity contribution in [1.29, 1.82) is 0 Å². The van der Waals surface area contributed by atoms with Gasteiger partial charge < -0.3 is 8.98 Å². The highest BCUT2D eigenvalue weighted by molar-refractivity contribution is 5.52. The van der Waals surface area contributed by atoms with Gasteiger partial charge in [0.25, 0.3) is 0 Å². The van der Waals surface area contributed by atoms with E-state index in [2.05, 4.69) is 14.8 Å². The molecule has 4 nitrogen and oxygen atoms in total. The Balaban J connectivity index is 2.09. The summed E-state index contributed by atoms with van der Waals surface area (Å²) in [5.74, 6) is 2.85. The van der Waals surface area contributed by atoms with Gasteiger partial charge in [-0.15, -0.1) is 10.2 Å². The Morgan fingerprint density at radius 1 is 1.25 bits per heavy atom. The van der Waals surface area contributed by atoms with E-state index in [1.807, 2.05) is 13.0 Å². The molecule has 2 aromatic rings. The Hall–Kier alpha value is -1.58. The summed E-state index contributed by atoms with van der Waals surface area (Å²) in [7, 11) is 0. The summed E-state index contributed by atoms with van der Waals surface area (Å²) in [6, 6.07) is 1.97. The maximum atomic E-state index is 5.49. The number of furan rings is 1. The van der Waals surface area contributed by atoms with Gasteiger partial charge in [-0.05, 0) is 31.4 Å². The van der Waals surface area contributed by atoms with Gasteiger partial charge in [0.2, 0.25) is 0 Å². The third kappa shape index (κ3) is 1.45. The lowest BCUT2D eigenvalue weighted by Crippen LogP contribution is -2.02. The topological polar surface area (TPSA) is 43.9 Å². The molecular formula is C12H15N3O. The number of rotatable bonds is 1. The maximum Gasteiger partial charge on any atom is 0.200 e. The van der Waals surface area contributed by atoms with E-state index in [0.717, 1.165) is 35.9 Å². The summed E-state index contributed by atoms with van der Waals surface area (Å²) in [5.41, 5.74) is 1.12. The van der Waals surface area contributed by atoms with Crippen LogP contribution in [-0.2, 0) is 13.0 Å². The average molecular weight is 217 g/mol. The van der Waals surface area contributed by atoms with Gasteiger partial charge in [0.1, 0.15) is 5.82 Å². The lowest BCUT2D eigenvalue weighted by molar-refractivity contribution is 0.561. The third-order valence-corrected chi connectivity index (χ3v) is 3.17. The van der Waals surface area contributed by atoms with Gasteiger partial charge in [-0.25, -0.2) is 0 Å². The molecule has 0 saturated carbocycles. The smallest absolute Gasteiger partial charge is 0.200 e. The molecule has 0 unspecified atom stereocenters. The van der Waals surface area contributed by atoms with E-state index in [1.165, 1.54) is 19.3 Å². The van der Waals surface area contributed by atoms with E-state index in [4.69, 9.17) is 4.42 Å². The molecule has 0 aliphatic carbocycles. The first-order chi connectivity index (χ1) is 7.86. The Bertz CT molecular complexity index is 498. The summed E-state index contributed by atoms with van der Waals surface area (Å²) in [5, 5.41) is 8.53. The lowest BCUT2D eigenvalue weighted by atomic mass is 10.2. The molecule has 0 aromatic carbocycles. The van der Waals surface area contributed by atoms with Gasteiger partial charge in [0.05, 0.1) is 6.26 Å². The van der Waals surface area contributed by atoms with E-state index in [1.54, 1.807) is 6.26 Å². The van der Waals surface area contributed by atoms with Gasteiger partial charge in [-0.1, -0.05) is 6.42 Å². The highest BCUT2D eigenvalue weighted by atomic mass is 16.3. The van der Waals surface area contributed by atoms with Crippen LogP contribution in [0.1, 0.15) is 30.7 Å². The largest absolute Gasteiger partial charge is 0.461 e. The molecule has 0 atom stereocenters. The molecule has 0 radical (unpaired) electrons. The fourth-order valence-electron chi connectivity index (χ4n) is 2.25. The van der Waals surface area contributed by atoms with Crippen LogP contribution in [0.5, 0.6) is 0 Å². The molecule has 3 rings (SSSR count). The molecule has 84 valence electrons. The van der Waals surface area contributed by atoms with Crippen molar-refractivity contribution in [3.63, 3.8) is 0 Å². The van der Waals surface area contributed by atoms with Crippen LogP contribution in [0, 0.1) is 6.92 Å². The normalized spacial score (nSPS) is 15.8. The number of fused-ring (bicyclic) bond motifs is 1. The zero-order valence-corrected chi connectivity index (χ0v) is 9.44. The molecule has 0 bridgehead atoms. The molecular weight excluding hydrogens is 202 g/mol. The number of aryl methyl sites for hydroxylation is 2. The minimum Gasteiger partial charge on any atom is -0.461 e. The minimum absolute atomic E-state index is 0.862. The number of nitrogens with zero attached hydrogens (tertiary/aromatic N) is 3. The van der Waals surface area contributed by atoms with Crippen LogP contribution < -0.4 is 0 Å². The molecule has 0 saturated heterocycles. The van der Waals surface area contributed by atoms with Gasteiger partial charge in [0, 0.05) is 13.0 Å². The number of hydrogen-bond acceptors (Lipinski definition) is 3. The van der Waals surface area contributed by atoms with Crippen LogP contribution in [0.15, 0.2) is 16.7 Å². The summed E-state index contributed by atoms with van der Waals surface area (Å²) in [6.45, 7) is 3.05. The predicted octanol–water partition coefficient (Wildman–Crippen LogP) is 2.57. The van der Waals surface area contributed by atoms with Crippen molar-refractivity contribution < 1.29 is 4.42 Å². The Labute approximate surface area is 94.3 Å². The molecule has 0 fully saturated rings. The van der Waals surface area contributed by atoms with Gasteiger partial charge in [0.15, 0.2) is 11.6 Å². The summed E-state index contributed by atoms with van der Waals surface area (Å²) in [6.07, 6.45) is 6.45. The molecule has 0 N–H and O–H groups in total.